The van der Waals surface area contributed by atoms with E-state index < -0.39 is 18.9 Å². The van der Waals surface area contributed by atoms with Gasteiger partial charge in [-0.1, -0.05) is 115 Å². The predicted molar refractivity (Wildman–Crippen MR) is 192 cm³/mol. The van der Waals surface area contributed by atoms with Crippen molar-refractivity contribution in [2.75, 3.05) is 38.6 Å². The van der Waals surface area contributed by atoms with E-state index in [0.29, 0.717) is 18.4 Å². The fourth-order valence-corrected chi connectivity index (χ4v) is 8.20. The normalized spacial score (nSPS) is 16.3. The zero-order valence-corrected chi connectivity index (χ0v) is 30.9. The highest BCUT2D eigenvalue weighted by Crippen LogP contribution is 2.58. The summed E-state index contributed by atoms with van der Waals surface area (Å²) in [5, 5.41) is 4.94. The molecule has 1 fully saturated rings. The first-order chi connectivity index (χ1) is 22.0. The fourth-order valence-electron chi connectivity index (χ4n) is 6.70. The first-order valence-corrected chi connectivity index (χ1v) is 19.5. The Balaban J connectivity index is 0.000000372. The van der Waals surface area contributed by atoms with Gasteiger partial charge in [-0.15, -0.1) is 0 Å². The molecule has 2 aromatic carbocycles. The molecule has 0 aromatic heterocycles. The van der Waals surface area contributed by atoms with E-state index in [0.717, 1.165) is 29.7 Å². The van der Waals surface area contributed by atoms with Crippen molar-refractivity contribution in [2.45, 2.75) is 130 Å². The molecule has 1 aliphatic carbocycles. The molecule has 1 saturated carbocycles. The summed E-state index contributed by atoms with van der Waals surface area (Å²) in [6.07, 6.45) is 13.4. The van der Waals surface area contributed by atoms with E-state index >= 15 is 0 Å². The van der Waals surface area contributed by atoms with Gasteiger partial charge in [0.25, 0.3) is 0 Å². The SMILES string of the molecule is CCCC[N+](CCCC)(CCCC)CCCC.COP(=O)([O-])C1(NC(C(=O)Nc2c(C)cccc2C)c2ccccc2)CCCC1. The van der Waals surface area contributed by atoms with Gasteiger partial charge in [-0.05, 0) is 69.1 Å². The van der Waals surface area contributed by atoms with Crippen LogP contribution >= 0.6 is 7.60 Å². The van der Waals surface area contributed by atoms with Gasteiger partial charge in [-0.25, -0.2) is 0 Å². The summed E-state index contributed by atoms with van der Waals surface area (Å²) in [5.41, 5.74) is 3.36. The second kappa shape index (κ2) is 20.4. The van der Waals surface area contributed by atoms with Crippen molar-refractivity contribution < 1.29 is 23.3 Å². The molecule has 8 heteroatoms. The molecule has 0 heterocycles. The average Bonchev–Trinajstić information content (AvgIpc) is 3.56. The van der Waals surface area contributed by atoms with E-state index in [4.69, 9.17) is 4.52 Å². The quantitative estimate of drug-likeness (QED) is 0.116. The minimum Gasteiger partial charge on any atom is -0.777 e. The monoisotopic (exact) mass is 657 g/mol. The van der Waals surface area contributed by atoms with Crippen LogP contribution in [-0.4, -0.2) is 49.0 Å². The smallest absolute Gasteiger partial charge is 0.246 e. The lowest BCUT2D eigenvalue weighted by Crippen LogP contribution is -2.50. The van der Waals surface area contributed by atoms with Gasteiger partial charge in [0.15, 0.2) is 7.60 Å². The number of quaternary nitrogens is 1. The highest BCUT2D eigenvalue weighted by atomic mass is 31.2. The van der Waals surface area contributed by atoms with E-state index in [-0.39, 0.29) is 5.91 Å². The Kier molecular flexibility index (Phi) is 17.8. The third kappa shape index (κ3) is 11.6. The molecule has 1 amide bonds. The third-order valence-corrected chi connectivity index (χ3v) is 11.8. The molecule has 260 valence electrons. The molecule has 2 N–H and O–H groups in total. The summed E-state index contributed by atoms with van der Waals surface area (Å²) < 4.78 is 19.1. The van der Waals surface area contributed by atoms with Crippen LogP contribution in [0.3, 0.4) is 0 Å². The number of carbonyl (C=O) groups excluding carboxylic acids is 1. The van der Waals surface area contributed by atoms with Crippen LogP contribution in [0.1, 0.15) is 127 Å². The molecular formula is C38H64N3O4P. The van der Waals surface area contributed by atoms with Gasteiger partial charge in [0.05, 0.1) is 31.5 Å². The summed E-state index contributed by atoms with van der Waals surface area (Å²) in [4.78, 5) is 26.1. The van der Waals surface area contributed by atoms with Crippen molar-refractivity contribution in [1.82, 2.24) is 5.32 Å². The molecule has 0 radical (unpaired) electrons. The van der Waals surface area contributed by atoms with Gasteiger partial charge >= 0.3 is 0 Å². The molecule has 0 spiro atoms. The van der Waals surface area contributed by atoms with E-state index in [9.17, 15) is 14.3 Å². The molecule has 2 aromatic rings. The number of aryl methyl sites for hydroxylation is 2. The lowest BCUT2D eigenvalue weighted by Gasteiger charge is -2.43. The molecule has 0 saturated heterocycles. The maximum atomic E-state index is 13.4. The molecule has 0 aliphatic heterocycles. The number of nitrogens with zero attached hydrogens (tertiary/aromatic N) is 1. The first kappa shape index (κ1) is 40.2. The van der Waals surface area contributed by atoms with Gasteiger partial charge in [-0.3, -0.25) is 10.1 Å². The van der Waals surface area contributed by atoms with E-state index in [1.54, 1.807) is 0 Å². The van der Waals surface area contributed by atoms with Gasteiger partial charge < -0.3 is 23.8 Å². The maximum absolute atomic E-state index is 13.4. The van der Waals surface area contributed by atoms with Gasteiger partial charge in [-0.2, -0.15) is 0 Å². The summed E-state index contributed by atoms with van der Waals surface area (Å²) in [6, 6.07) is 14.2. The number of rotatable bonds is 19. The minimum absolute atomic E-state index is 0.295. The maximum Gasteiger partial charge on any atom is 0.246 e. The van der Waals surface area contributed by atoms with Crippen LogP contribution in [0.4, 0.5) is 5.69 Å². The van der Waals surface area contributed by atoms with Gasteiger partial charge in [0.2, 0.25) is 5.91 Å². The number of hydrogen-bond donors (Lipinski definition) is 2. The van der Waals surface area contributed by atoms with Gasteiger partial charge in [0, 0.05) is 12.8 Å². The second-order valence-corrected chi connectivity index (χ2v) is 15.5. The number of anilines is 1. The first-order valence-electron chi connectivity index (χ1n) is 18.0. The summed E-state index contributed by atoms with van der Waals surface area (Å²) in [6.45, 7) is 18.9. The number of unbranched alkanes of at least 4 members (excludes halogenated alkanes) is 4. The van der Waals surface area contributed by atoms with Crippen LogP contribution in [0, 0.1) is 13.8 Å². The summed E-state index contributed by atoms with van der Waals surface area (Å²) in [7, 11) is -3.02. The fraction of sp³-hybridized carbons (Fsp3) is 0.658. The molecule has 1 aliphatic rings. The van der Waals surface area contributed by atoms with Crippen molar-refractivity contribution in [3.8, 4) is 0 Å². The van der Waals surface area contributed by atoms with E-state index in [1.807, 2.05) is 62.4 Å². The van der Waals surface area contributed by atoms with Gasteiger partial charge in [0.1, 0.15) is 6.04 Å². The van der Waals surface area contributed by atoms with Crippen LogP contribution in [0.25, 0.3) is 0 Å². The van der Waals surface area contributed by atoms with Crippen molar-refractivity contribution in [2.24, 2.45) is 0 Å². The predicted octanol–water partition coefficient (Wildman–Crippen LogP) is 9.05. The molecule has 0 bridgehead atoms. The van der Waals surface area contributed by atoms with Crippen LogP contribution < -0.4 is 15.5 Å². The van der Waals surface area contributed by atoms with Crippen molar-refractivity contribution >= 4 is 19.2 Å². The number of amides is 1. The zero-order valence-electron chi connectivity index (χ0n) is 30.0. The molecule has 2 unspecified atom stereocenters. The number of nitrogens with one attached hydrogen (secondary N) is 2. The van der Waals surface area contributed by atoms with Crippen LogP contribution in [-0.2, 0) is 13.9 Å². The number of benzene rings is 2. The number of hydrogen-bond acceptors (Lipinski definition) is 5. The Labute approximate surface area is 281 Å². The number of para-hydroxylation sites is 1. The highest BCUT2D eigenvalue weighted by molar-refractivity contribution is 7.53. The second-order valence-electron chi connectivity index (χ2n) is 13.3. The Bertz CT molecular complexity index is 1140. The van der Waals surface area contributed by atoms with Crippen molar-refractivity contribution in [3.63, 3.8) is 0 Å². The summed E-state index contributed by atoms with van der Waals surface area (Å²) >= 11 is 0. The van der Waals surface area contributed by atoms with Crippen molar-refractivity contribution in [1.29, 1.82) is 0 Å². The van der Waals surface area contributed by atoms with E-state index in [2.05, 4.69) is 38.3 Å². The summed E-state index contributed by atoms with van der Waals surface area (Å²) in [5.74, 6) is -0.295. The van der Waals surface area contributed by atoms with Crippen molar-refractivity contribution in [3.05, 3.63) is 65.2 Å². The molecule has 46 heavy (non-hydrogen) atoms. The van der Waals surface area contributed by atoms with Crippen LogP contribution in [0.15, 0.2) is 48.5 Å². The largest absolute Gasteiger partial charge is 0.777 e. The van der Waals surface area contributed by atoms with Crippen LogP contribution in [0.2, 0.25) is 0 Å². The molecule has 3 rings (SSSR count). The Morgan fingerprint density at radius 1 is 0.826 bits per heavy atom. The Hall–Kier alpha value is -2.02. The zero-order chi connectivity index (χ0) is 34.1. The Morgan fingerprint density at radius 2 is 1.28 bits per heavy atom. The molecule has 2 atom stereocenters. The average molecular weight is 658 g/mol. The highest BCUT2D eigenvalue weighted by Gasteiger charge is 2.46. The lowest BCUT2D eigenvalue weighted by molar-refractivity contribution is -0.929. The minimum atomic E-state index is -4.21. The Morgan fingerprint density at radius 3 is 1.70 bits per heavy atom. The number of carbonyl (C=O) groups is 1. The lowest BCUT2D eigenvalue weighted by atomic mass is 10.0. The molecule has 7 nitrogen and oxygen atoms in total. The topological polar surface area (TPSA) is 90.5 Å². The van der Waals surface area contributed by atoms with E-state index in [1.165, 1.54) is 89.1 Å². The molecular weight excluding hydrogens is 593 g/mol. The van der Waals surface area contributed by atoms with Crippen LogP contribution in [0.5, 0.6) is 0 Å². The standard InChI is InChI=1S/C22H29N2O4P.C16H36N/c1-16-10-9-11-17(2)19(16)23-21(25)20(18-12-5-4-6-13-18)24-22(14-7-8-15-22)29(26,27)28-3;1-5-9-13-17(14-10-6-2,15-11-7-3)16-12-8-4/h4-6,9-13,20,24H,7-8,14-15H2,1-3H3,(H,23,25)(H,26,27);5-16H2,1-4H3/q;+1/p-1. The third-order valence-electron chi connectivity index (χ3n) is 9.68.